The second kappa shape index (κ2) is 6.05. The lowest BCUT2D eigenvalue weighted by Crippen LogP contribution is -2.38. The zero-order chi connectivity index (χ0) is 16.4. The van der Waals surface area contributed by atoms with Gasteiger partial charge in [-0.1, -0.05) is 6.07 Å². The van der Waals surface area contributed by atoms with E-state index in [4.69, 9.17) is 0 Å². The molecule has 1 amide bonds. The topological polar surface area (TPSA) is 62.2 Å². The number of nitrogens with zero attached hydrogens (tertiary/aromatic N) is 1. The molecule has 2 aromatic rings. The molecule has 4 nitrogen and oxygen atoms in total. The predicted molar refractivity (Wildman–Crippen MR) is 75.5 cm³/mol. The van der Waals surface area contributed by atoms with Gasteiger partial charge in [-0.15, -0.1) is 11.3 Å². The maximum atomic E-state index is 12.8. The van der Waals surface area contributed by atoms with Crippen molar-refractivity contribution in [1.82, 2.24) is 10.3 Å². The molecular weight excluding hydrogens is 317 g/mol. The molecule has 0 aliphatic heterocycles. The van der Waals surface area contributed by atoms with Crippen LogP contribution in [0.25, 0.3) is 0 Å². The fourth-order valence-corrected chi connectivity index (χ4v) is 2.62. The van der Waals surface area contributed by atoms with Crippen molar-refractivity contribution in [2.45, 2.75) is 18.7 Å². The van der Waals surface area contributed by atoms with Crippen LogP contribution in [0.1, 0.15) is 27.9 Å². The summed E-state index contributed by atoms with van der Waals surface area (Å²) in [4.78, 5) is 15.8. The Bertz CT molecular complexity index is 654. The molecule has 1 atom stereocenters. The summed E-state index contributed by atoms with van der Waals surface area (Å²) >= 11 is 1.29. The summed E-state index contributed by atoms with van der Waals surface area (Å²) in [5.74, 6) is -0.933. The summed E-state index contributed by atoms with van der Waals surface area (Å²) in [6, 6.07) is 5.72. The van der Waals surface area contributed by atoms with Gasteiger partial charge in [0.1, 0.15) is 5.60 Å². The molecule has 22 heavy (non-hydrogen) atoms. The van der Waals surface area contributed by atoms with Gasteiger partial charge in [-0.25, -0.2) is 0 Å². The molecule has 2 N–H and O–H groups in total. The standard InChI is InChI=1S/C14H13F3N2O2S/c1-13(21,10-5-3-7-22-10)8-19-12(20)9-4-2-6-18-11(9)14(15,16)17/h2-7,21H,8H2,1H3,(H,19,20). The van der Waals surface area contributed by atoms with Gasteiger partial charge in [0.2, 0.25) is 0 Å². The Morgan fingerprint density at radius 1 is 1.36 bits per heavy atom. The summed E-state index contributed by atoms with van der Waals surface area (Å²) in [5.41, 5.74) is -3.18. The first-order chi connectivity index (χ1) is 10.2. The number of amides is 1. The summed E-state index contributed by atoms with van der Waals surface area (Å²) in [6.07, 6.45) is -3.74. The molecule has 0 saturated carbocycles. The zero-order valence-electron chi connectivity index (χ0n) is 11.5. The average Bonchev–Trinajstić information content (AvgIpc) is 2.99. The van der Waals surface area contributed by atoms with Gasteiger partial charge in [0.05, 0.1) is 12.1 Å². The van der Waals surface area contributed by atoms with Crippen LogP contribution in [-0.4, -0.2) is 22.5 Å². The molecule has 0 aliphatic rings. The minimum Gasteiger partial charge on any atom is -0.383 e. The fraction of sp³-hybridized carbons (Fsp3) is 0.286. The van der Waals surface area contributed by atoms with E-state index < -0.39 is 28.9 Å². The number of alkyl halides is 3. The van der Waals surface area contributed by atoms with E-state index in [-0.39, 0.29) is 6.54 Å². The Morgan fingerprint density at radius 2 is 2.09 bits per heavy atom. The number of aromatic nitrogens is 1. The van der Waals surface area contributed by atoms with Crippen molar-refractivity contribution >= 4 is 17.2 Å². The van der Waals surface area contributed by atoms with Crippen LogP contribution in [0.5, 0.6) is 0 Å². The van der Waals surface area contributed by atoms with E-state index in [1.165, 1.54) is 24.3 Å². The van der Waals surface area contributed by atoms with Crippen LogP contribution >= 0.6 is 11.3 Å². The number of hydrogen-bond acceptors (Lipinski definition) is 4. The van der Waals surface area contributed by atoms with Gasteiger partial charge in [0.15, 0.2) is 5.69 Å². The van der Waals surface area contributed by atoms with E-state index in [0.29, 0.717) is 4.88 Å². The van der Waals surface area contributed by atoms with Gasteiger partial charge in [-0.3, -0.25) is 9.78 Å². The number of rotatable bonds is 4. The second-order valence-corrected chi connectivity index (χ2v) is 5.78. The number of carbonyl (C=O) groups excluding carboxylic acids is 1. The molecule has 2 heterocycles. The Kier molecular flexibility index (Phi) is 4.52. The second-order valence-electron chi connectivity index (χ2n) is 4.83. The van der Waals surface area contributed by atoms with Crippen LogP contribution in [0, 0.1) is 0 Å². The van der Waals surface area contributed by atoms with Crippen LogP contribution in [0.3, 0.4) is 0 Å². The average molecular weight is 330 g/mol. The highest BCUT2D eigenvalue weighted by atomic mass is 32.1. The lowest BCUT2D eigenvalue weighted by molar-refractivity contribution is -0.141. The maximum absolute atomic E-state index is 12.8. The third kappa shape index (κ3) is 3.63. The van der Waals surface area contributed by atoms with Gasteiger partial charge in [-0.05, 0) is 30.5 Å². The highest BCUT2D eigenvalue weighted by Crippen LogP contribution is 2.30. The van der Waals surface area contributed by atoms with Crippen LogP contribution < -0.4 is 5.32 Å². The highest BCUT2D eigenvalue weighted by Gasteiger charge is 2.37. The first-order valence-corrected chi connectivity index (χ1v) is 7.16. The minimum atomic E-state index is -4.72. The SMILES string of the molecule is CC(O)(CNC(=O)c1cccnc1C(F)(F)F)c1cccs1. The van der Waals surface area contributed by atoms with Crippen molar-refractivity contribution in [2.24, 2.45) is 0 Å². The number of nitrogens with one attached hydrogen (secondary N) is 1. The third-order valence-electron chi connectivity index (χ3n) is 2.97. The van der Waals surface area contributed by atoms with Gasteiger partial charge in [-0.2, -0.15) is 13.2 Å². The molecule has 1 unspecified atom stereocenters. The van der Waals surface area contributed by atoms with Crippen LogP contribution in [0.2, 0.25) is 0 Å². The monoisotopic (exact) mass is 330 g/mol. The molecule has 0 spiro atoms. The molecule has 2 aromatic heterocycles. The molecule has 0 radical (unpaired) electrons. The molecule has 0 aliphatic carbocycles. The molecule has 0 saturated heterocycles. The first kappa shape index (κ1) is 16.4. The van der Waals surface area contributed by atoms with Gasteiger partial charge in [0.25, 0.3) is 5.91 Å². The Hall–Kier alpha value is -1.93. The maximum Gasteiger partial charge on any atom is 0.434 e. The predicted octanol–water partition coefficient (Wildman–Crippen LogP) is 2.80. The van der Waals surface area contributed by atoms with Crippen molar-refractivity contribution in [3.8, 4) is 0 Å². The van der Waals surface area contributed by atoms with Gasteiger partial charge in [0, 0.05) is 11.1 Å². The Balaban J connectivity index is 2.14. The van der Waals surface area contributed by atoms with Crippen molar-refractivity contribution in [3.05, 3.63) is 52.0 Å². The van der Waals surface area contributed by atoms with Crippen LogP contribution in [-0.2, 0) is 11.8 Å². The third-order valence-corrected chi connectivity index (χ3v) is 4.09. The molecule has 0 fully saturated rings. The van der Waals surface area contributed by atoms with E-state index in [1.807, 2.05) is 0 Å². The number of hydrogen-bond donors (Lipinski definition) is 2. The van der Waals surface area contributed by atoms with Crippen LogP contribution in [0.4, 0.5) is 13.2 Å². The number of pyridine rings is 1. The Labute approximate surface area is 128 Å². The summed E-state index contributed by atoms with van der Waals surface area (Å²) in [7, 11) is 0. The zero-order valence-corrected chi connectivity index (χ0v) is 12.3. The van der Waals surface area contributed by atoms with Crippen molar-refractivity contribution < 1.29 is 23.1 Å². The molecule has 0 bridgehead atoms. The first-order valence-electron chi connectivity index (χ1n) is 6.28. The molecule has 0 aromatic carbocycles. The van der Waals surface area contributed by atoms with E-state index >= 15 is 0 Å². The molecular formula is C14H13F3N2O2S. The molecule has 118 valence electrons. The minimum absolute atomic E-state index is 0.210. The number of thiophene rings is 1. The molecule has 2 rings (SSSR count). The number of carbonyl (C=O) groups is 1. The Morgan fingerprint density at radius 3 is 2.68 bits per heavy atom. The van der Waals surface area contributed by atoms with Crippen molar-refractivity contribution in [2.75, 3.05) is 6.54 Å². The summed E-state index contributed by atoms with van der Waals surface area (Å²) < 4.78 is 38.4. The van der Waals surface area contributed by atoms with Gasteiger partial charge < -0.3 is 10.4 Å². The summed E-state index contributed by atoms with van der Waals surface area (Å²) in [5, 5.41) is 14.3. The molecule has 8 heteroatoms. The van der Waals surface area contributed by atoms with Gasteiger partial charge >= 0.3 is 6.18 Å². The fourth-order valence-electron chi connectivity index (χ4n) is 1.83. The van der Waals surface area contributed by atoms with E-state index in [2.05, 4.69) is 10.3 Å². The van der Waals surface area contributed by atoms with Crippen molar-refractivity contribution in [1.29, 1.82) is 0 Å². The normalized spacial score (nSPS) is 14.4. The van der Waals surface area contributed by atoms with E-state index in [9.17, 15) is 23.1 Å². The number of aliphatic hydroxyl groups is 1. The summed E-state index contributed by atoms with van der Waals surface area (Å²) in [6.45, 7) is 1.27. The smallest absolute Gasteiger partial charge is 0.383 e. The highest BCUT2D eigenvalue weighted by molar-refractivity contribution is 7.10. The van der Waals surface area contributed by atoms with E-state index in [1.54, 1.807) is 17.5 Å². The quantitative estimate of drug-likeness (QED) is 0.906. The largest absolute Gasteiger partial charge is 0.434 e. The van der Waals surface area contributed by atoms with Crippen LogP contribution in [0.15, 0.2) is 35.8 Å². The van der Waals surface area contributed by atoms with Crippen molar-refractivity contribution in [3.63, 3.8) is 0 Å². The lowest BCUT2D eigenvalue weighted by atomic mass is 10.0. The number of halogens is 3. The lowest BCUT2D eigenvalue weighted by Gasteiger charge is -2.22. The van der Waals surface area contributed by atoms with E-state index in [0.717, 1.165) is 12.3 Å².